The first kappa shape index (κ1) is 13.5. The third-order valence-corrected chi connectivity index (χ3v) is 3.73. The minimum atomic E-state index is -0.511. The molecule has 2 aromatic rings. The molecule has 0 aromatic carbocycles. The van der Waals surface area contributed by atoms with Gasteiger partial charge in [-0.25, -0.2) is 9.97 Å². The van der Waals surface area contributed by atoms with Crippen LogP contribution in [0.1, 0.15) is 29.3 Å². The number of anilines is 1. The lowest BCUT2D eigenvalue weighted by Gasteiger charge is -2.23. The molecule has 2 aromatic heterocycles. The van der Waals surface area contributed by atoms with Crippen molar-refractivity contribution in [3.05, 3.63) is 40.5 Å². The van der Waals surface area contributed by atoms with E-state index in [1.54, 1.807) is 25.4 Å². The fourth-order valence-electron chi connectivity index (χ4n) is 1.63. The summed E-state index contributed by atoms with van der Waals surface area (Å²) in [7, 11) is 1.77. The summed E-state index contributed by atoms with van der Waals surface area (Å²) in [5.41, 5.74) is -0.126. The average Bonchev–Trinajstić information content (AvgIpc) is 2.93. The summed E-state index contributed by atoms with van der Waals surface area (Å²) < 4.78 is 0. The maximum Gasteiger partial charge on any atom is 0.270 e. The van der Waals surface area contributed by atoms with E-state index in [0.717, 1.165) is 5.01 Å². The first-order chi connectivity index (χ1) is 9.03. The standard InChI is InChI=1S/C13H16N4OS/c1-13(2,12-15-7-8-19-12)17-11(18)9-5-4-6-10(14-3)16-9/h4-8H,1-3H3,(H,14,16)(H,17,18). The van der Waals surface area contributed by atoms with Crippen LogP contribution in [0.2, 0.25) is 0 Å². The van der Waals surface area contributed by atoms with Crippen LogP contribution in [-0.2, 0) is 5.54 Å². The highest BCUT2D eigenvalue weighted by Gasteiger charge is 2.26. The predicted molar refractivity (Wildman–Crippen MR) is 76.4 cm³/mol. The Kier molecular flexibility index (Phi) is 3.80. The molecule has 19 heavy (non-hydrogen) atoms. The molecule has 0 atom stereocenters. The van der Waals surface area contributed by atoms with Crippen molar-refractivity contribution in [1.29, 1.82) is 0 Å². The second-order valence-corrected chi connectivity index (χ2v) is 5.47. The number of carbonyl (C=O) groups excluding carboxylic acids is 1. The molecule has 0 saturated carbocycles. The molecule has 6 heteroatoms. The van der Waals surface area contributed by atoms with Crippen molar-refractivity contribution in [3.63, 3.8) is 0 Å². The normalized spacial score (nSPS) is 11.1. The molecule has 5 nitrogen and oxygen atoms in total. The van der Waals surface area contributed by atoms with Gasteiger partial charge in [-0.1, -0.05) is 6.07 Å². The van der Waals surface area contributed by atoms with Crippen LogP contribution in [-0.4, -0.2) is 22.9 Å². The Morgan fingerprint density at radius 1 is 1.37 bits per heavy atom. The van der Waals surface area contributed by atoms with Gasteiger partial charge in [-0.3, -0.25) is 4.79 Å². The molecule has 0 spiro atoms. The fourth-order valence-corrected chi connectivity index (χ4v) is 2.35. The third kappa shape index (κ3) is 3.08. The Morgan fingerprint density at radius 2 is 2.16 bits per heavy atom. The zero-order valence-electron chi connectivity index (χ0n) is 11.1. The van der Waals surface area contributed by atoms with Crippen LogP contribution in [0.5, 0.6) is 0 Å². The lowest BCUT2D eigenvalue weighted by atomic mass is 10.1. The quantitative estimate of drug-likeness (QED) is 0.898. The second-order valence-electron chi connectivity index (χ2n) is 4.57. The van der Waals surface area contributed by atoms with Crippen molar-refractivity contribution < 1.29 is 4.79 Å². The van der Waals surface area contributed by atoms with Gasteiger partial charge in [-0.05, 0) is 26.0 Å². The van der Waals surface area contributed by atoms with Gasteiger partial charge >= 0.3 is 0 Å². The molecular formula is C13H16N4OS. The number of carbonyl (C=O) groups is 1. The maximum absolute atomic E-state index is 12.2. The highest BCUT2D eigenvalue weighted by atomic mass is 32.1. The van der Waals surface area contributed by atoms with E-state index in [2.05, 4.69) is 20.6 Å². The number of amides is 1. The maximum atomic E-state index is 12.2. The molecule has 2 rings (SSSR count). The predicted octanol–water partition coefficient (Wildman–Crippen LogP) is 2.24. The van der Waals surface area contributed by atoms with Gasteiger partial charge in [0, 0.05) is 18.6 Å². The van der Waals surface area contributed by atoms with E-state index in [0.29, 0.717) is 11.5 Å². The van der Waals surface area contributed by atoms with Gasteiger partial charge in [0.25, 0.3) is 5.91 Å². The van der Waals surface area contributed by atoms with Crippen LogP contribution in [0, 0.1) is 0 Å². The third-order valence-electron chi connectivity index (χ3n) is 2.63. The topological polar surface area (TPSA) is 66.9 Å². The highest BCUT2D eigenvalue weighted by molar-refractivity contribution is 7.09. The number of thiazole rings is 1. The molecule has 0 radical (unpaired) electrons. The number of hydrogen-bond donors (Lipinski definition) is 2. The van der Waals surface area contributed by atoms with E-state index in [4.69, 9.17) is 0 Å². The van der Waals surface area contributed by atoms with Crippen molar-refractivity contribution in [2.45, 2.75) is 19.4 Å². The van der Waals surface area contributed by atoms with Crippen molar-refractivity contribution in [3.8, 4) is 0 Å². The molecule has 0 saturated heterocycles. The van der Waals surface area contributed by atoms with E-state index < -0.39 is 5.54 Å². The van der Waals surface area contributed by atoms with Crippen LogP contribution in [0.3, 0.4) is 0 Å². The molecule has 0 fully saturated rings. The monoisotopic (exact) mass is 276 g/mol. The van der Waals surface area contributed by atoms with E-state index in [1.165, 1.54) is 11.3 Å². The number of aromatic nitrogens is 2. The lowest BCUT2D eigenvalue weighted by Crippen LogP contribution is -2.41. The van der Waals surface area contributed by atoms with Gasteiger partial charge in [-0.2, -0.15) is 0 Å². The molecule has 2 heterocycles. The SMILES string of the molecule is CNc1cccc(C(=O)NC(C)(C)c2nccs2)n1. The van der Waals surface area contributed by atoms with Gasteiger partial charge in [0.15, 0.2) is 0 Å². The Hall–Kier alpha value is -1.95. The van der Waals surface area contributed by atoms with Crippen LogP contribution in [0.15, 0.2) is 29.8 Å². The average molecular weight is 276 g/mol. The number of rotatable bonds is 4. The molecule has 1 amide bonds. The summed E-state index contributed by atoms with van der Waals surface area (Å²) in [5, 5.41) is 8.61. The number of hydrogen-bond acceptors (Lipinski definition) is 5. The van der Waals surface area contributed by atoms with Crippen molar-refractivity contribution >= 4 is 23.1 Å². The van der Waals surface area contributed by atoms with Gasteiger partial charge < -0.3 is 10.6 Å². The summed E-state index contributed by atoms with van der Waals surface area (Å²) in [6.45, 7) is 3.84. The van der Waals surface area contributed by atoms with Crippen LogP contribution >= 0.6 is 11.3 Å². The first-order valence-corrected chi connectivity index (χ1v) is 6.78. The van der Waals surface area contributed by atoms with Gasteiger partial charge in [0.05, 0.1) is 5.54 Å². The first-order valence-electron chi connectivity index (χ1n) is 5.90. The van der Waals surface area contributed by atoms with E-state index >= 15 is 0 Å². The summed E-state index contributed by atoms with van der Waals surface area (Å²) in [5.74, 6) is 0.456. The second kappa shape index (κ2) is 5.36. The van der Waals surface area contributed by atoms with E-state index in [9.17, 15) is 4.79 Å². The molecular weight excluding hydrogens is 260 g/mol. The van der Waals surface area contributed by atoms with Gasteiger partial charge in [0.2, 0.25) is 0 Å². The van der Waals surface area contributed by atoms with Gasteiger partial charge in [-0.15, -0.1) is 11.3 Å². The van der Waals surface area contributed by atoms with Crippen LogP contribution in [0.25, 0.3) is 0 Å². The molecule has 100 valence electrons. The summed E-state index contributed by atoms with van der Waals surface area (Å²) in [6.07, 6.45) is 1.73. The minimum Gasteiger partial charge on any atom is -0.373 e. The molecule has 2 N–H and O–H groups in total. The Bertz CT molecular complexity index is 566. The molecule has 0 bridgehead atoms. The highest BCUT2D eigenvalue weighted by Crippen LogP contribution is 2.22. The summed E-state index contributed by atoms with van der Waals surface area (Å²) >= 11 is 1.52. The molecule has 0 unspecified atom stereocenters. The Labute approximate surface area is 116 Å². The van der Waals surface area contributed by atoms with E-state index in [-0.39, 0.29) is 5.91 Å². The van der Waals surface area contributed by atoms with E-state index in [1.807, 2.05) is 25.3 Å². The fraction of sp³-hybridized carbons (Fsp3) is 0.308. The Balaban J connectivity index is 2.16. The number of nitrogens with zero attached hydrogens (tertiary/aromatic N) is 2. The van der Waals surface area contributed by atoms with Crippen molar-refractivity contribution in [1.82, 2.24) is 15.3 Å². The van der Waals surface area contributed by atoms with Crippen LogP contribution in [0.4, 0.5) is 5.82 Å². The smallest absolute Gasteiger partial charge is 0.270 e. The lowest BCUT2D eigenvalue weighted by molar-refractivity contribution is 0.0907. The number of nitrogens with one attached hydrogen (secondary N) is 2. The zero-order chi connectivity index (χ0) is 13.9. The Morgan fingerprint density at radius 3 is 2.79 bits per heavy atom. The van der Waals surface area contributed by atoms with Crippen LogP contribution < -0.4 is 10.6 Å². The largest absolute Gasteiger partial charge is 0.373 e. The zero-order valence-corrected chi connectivity index (χ0v) is 11.9. The molecule has 0 aliphatic rings. The van der Waals surface area contributed by atoms with Gasteiger partial charge in [0.1, 0.15) is 16.5 Å². The summed E-state index contributed by atoms with van der Waals surface area (Å²) in [6, 6.07) is 5.29. The van der Waals surface area contributed by atoms with Crippen molar-refractivity contribution in [2.75, 3.05) is 12.4 Å². The summed E-state index contributed by atoms with van der Waals surface area (Å²) in [4.78, 5) is 20.7. The molecule has 0 aliphatic carbocycles. The molecule has 0 aliphatic heterocycles. The van der Waals surface area contributed by atoms with Crippen molar-refractivity contribution in [2.24, 2.45) is 0 Å². The minimum absolute atomic E-state index is 0.211. The number of pyridine rings is 1.